The fourth-order valence-electron chi connectivity index (χ4n) is 3.93. The number of aryl methyl sites for hydroxylation is 1. The minimum absolute atomic E-state index is 0.147. The van der Waals surface area contributed by atoms with Crippen LogP contribution in [0, 0.1) is 0 Å². The zero-order chi connectivity index (χ0) is 20.5. The Labute approximate surface area is 167 Å². The van der Waals surface area contributed by atoms with Crippen molar-refractivity contribution in [1.29, 1.82) is 0 Å². The van der Waals surface area contributed by atoms with Crippen molar-refractivity contribution >= 4 is 22.6 Å². The number of aromatic carboxylic acids is 1. The monoisotopic (exact) mass is 390 g/mol. The highest BCUT2D eigenvalue weighted by Crippen LogP contribution is 2.29. The quantitative estimate of drug-likeness (QED) is 0.727. The van der Waals surface area contributed by atoms with E-state index in [9.17, 15) is 19.5 Å². The third kappa shape index (κ3) is 3.40. The van der Waals surface area contributed by atoms with Crippen molar-refractivity contribution in [2.45, 2.75) is 38.3 Å². The molecule has 0 spiro atoms. The maximum atomic E-state index is 12.9. The molecule has 1 aliphatic rings. The molecule has 2 aromatic carbocycles. The Morgan fingerprint density at radius 2 is 1.83 bits per heavy atom. The van der Waals surface area contributed by atoms with Crippen molar-refractivity contribution in [3.8, 4) is 0 Å². The van der Waals surface area contributed by atoms with E-state index in [4.69, 9.17) is 0 Å². The summed E-state index contributed by atoms with van der Waals surface area (Å²) in [4.78, 5) is 37.3. The maximum absolute atomic E-state index is 12.9. The molecule has 7 nitrogen and oxygen atoms in total. The zero-order valence-electron chi connectivity index (χ0n) is 15.9. The van der Waals surface area contributed by atoms with E-state index in [1.165, 1.54) is 24.6 Å². The molecule has 7 heteroatoms. The van der Waals surface area contributed by atoms with Crippen LogP contribution in [0.5, 0.6) is 0 Å². The number of carbonyl (C=O) groups is 2. The Bertz CT molecular complexity index is 1170. The van der Waals surface area contributed by atoms with Crippen LogP contribution in [-0.4, -0.2) is 21.7 Å². The largest absolute Gasteiger partial charge is 0.543 e. The van der Waals surface area contributed by atoms with Gasteiger partial charge in [-0.05, 0) is 43.4 Å². The van der Waals surface area contributed by atoms with Crippen LogP contribution < -0.4 is 16.0 Å². The van der Waals surface area contributed by atoms with Crippen molar-refractivity contribution in [3.63, 3.8) is 0 Å². The number of fused-ring (bicyclic) bond motifs is 2. The molecule has 0 saturated heterocycles. The molecule has 0 bridgehead atoms. The van der Waals surface area contributed by atoms with E-state index in [0.29, 0.717) is 0 Å². The molecule has 1 heterocycles. The van der Waals surface area contributed by atoms with E-state index in [1.54, 1.807) is 12.1 Å². The topological polar surface area (TPSA) is 104 Å². The van der Waals surface area contributed by atoms with Crippen LogP contribution in [0.2, 0.25) is 0 Å². The van der Waals surface area contributed by atoms with Gasteiger partial charge < -0.3 is 15.2 Å². The van der Waals surface area contributed by atoms with Gasteiger partial charge in [0, 0.05) is 5.39 Å². The smallest absolute Gasteiger partial charge is 0.275 e. The highest BCUT2D eigenvalue weighted by atomic mass is 16.4. The normalized spacial score (nSPS) is 16.8. The highest BCUT2D eigenvalue weighted by Gasteiger charge is 2.26. The molecule has 148 valence electrons. The third-order valence-corrected chi connectivity index (χ3v) is 5.45. The Morgan fingerprint density at radius 1 is 1.14 bits per heavy atom. The lowest BCUT2D eigenvalue weighted by atomic mass is 9.87. The maximum Gasteiger partial charge on any atom is 0.275 e. The van der Waals surface area contributed by atoms with Crippen LogP contribution in [0.1, 0.15) is 53.5 Å². The van der Waals surface area contributed by atoms with Crippen molar-refractivity contribution in [2.24, 2.45) is 0 Å². The van der Waals surface area contributed by atoms with Gasteiger partial charge in [0.1, 0.15) is 11.7 Å². The van der Waals surface area contributed by atoms with Crippen molar-refractivity contribution in [2.75, 3.05) is 0 Å². The Balaban J connectivity index is 1.68. The fourth-order valence-corrected chi connectivity index (χ4v) is 3.93. The van der Waals surface area contributed by atoms with Gasteiger partial charge in [-0.1, -0.05) is 42.5 Å². The molecule has 0 aliphatic heterocycles. The molecule has 1 N–H and O–H groups in total. The fraction of sp³-hybridized carbons (Fsp3) is 0.273. The van der Waals surface area contributed by atoms with Gasteiger partial charge in [0.2, 0.25) is 5.91 Å². The number of hydrogen-bond donors (Lipinski definition) is 1. The number of carboxylic acid groups (broad SMARTS) is 1. The van der Waals surface area contributed by atoms with Gasteiger partial charge in [0.25, 0.3) is 5.56 Å². The average molecular weight is 390 g/mol. The number of carboxylic acids is 1. The molecule has 0 saturated carbocycles. The van der Waals surface area contributed by atoms with E-state index in [0.717, 1.165) is 29.5 Å². The summed E-state index contributed by atoms with van der Waals surface area (Å²) in [7, 11) is 0. The van der Waals surface area contributed by atoms with E-state index < -0.39 is 17.6 Å². The number of nitrogens with zero attached hydrogens (tertiary/aromatic N) is 2. The second-order valence-electron chi connectivity index (χ2n) is 7.26. The second-order valence-corrected chi connectivity index (χ2v) is 7.26. The Morgan fingerprint density at radius 3 is 2.59 bits per heavy atom. The van der Waals surface area contributed by atoms with E-state index in [-0.39, 0.29) is 28.4 Å². The summed E-state index contributed by atoms with van der Waals surface area (Å²) in [5.74, 6) is -1.88. The molecule has 0 fully saturated rings. The van der Waals surface area contributed by atoms with E-state index >= 15 is 0 Å². The number of rotatable bonds is 4. The number of carbonyl (C=O) groups excluding carboxylic acids is 2. The number of benzene rings is 2. The van der Waals surface area contributed by atoms with Gasteiger partial charge in [-0.2, -0.15) is 5.10 Å². The molecule has 0 radical (unpaired) electrons. The van der Waals surface area contributed by atoms with Crippen molar-refractivity contribution in [1.82, 2.24) is 15.1 Å². The van der Waals surface area contributed by atoms with Gasteiger partial charge >= 0.3 is 0 Å². The van der Waals surface area contributed by atoms with Crippen LogP contribution in [0.3, 0.4) is 0 Å². The summed E-state index contributed by atoms with van der Waals surface area (Å²) in [6, 6.07) is 13.1. The molecule has 2 atom stereocenters. The molecule has 0 unspecified atom stereocenters. The first-order valence-corrected chi connectivity index (χ1v) is 9.58. The Hall–Kier alpha value is -3.48. The predicted octanol–water partition coefficient (Wildman–Crippen LogP) is 1.51. The molecule has 4 rings (SSSR count). The summed E-state index contributed by atoms with van der Waals surface area (Å²) in [6.45, 7) is 1.53. The molecule has 1 aromatic heterocycles. The molecule has 1 aliphatic carbocycles. The summed E-state index contributed by atoms with van der Waals surface area (Å²) in [6.07, 6.45) is 2.73. The summed E-state index contributed by atoms with van der Waals surface area (Å²) in [5, 5.41) is 18.9. The zero-order valence-corrected chi connectivity index (χ0v) is 15.9. The van der Waals surface area contributed by atoms with Gasteiger partial charge in [-0.3, -0.25) is 9.59 Å². The van der Waals surface area contributed by atoms with Crippen LogP contribution in [0.4, 0.5) is 0 Å². The first-order chi connectivity index (χ1) is 14.0. The van der Waals surface area contributed by atoms with Crippen LogP contribution in [0.15, 0.2) is 53.3 Å². The molecule has 3 aromatic rings. The minimum Gasteiger partial charge on any atom is -0.543 e. The molecular formula is C22H20N3O4-. The van der Waals surface area contributed by atoms with Crippen LogP contribution in [-0.2, 0) is 11.2 Å². The SMILES string of the molecule is C[C@H](C(=O)N[C@@H]1CCCc2ccccc21)n1nc(C(=O)[O-])c2ccccc2c1=O. The summed E-state index contributed by atoms with van der Waals surface area (Å²) >= 11 is 0. The third-order valence-electron chi connectivity index (χ3n) is 5.45. The lowest BCUT2D eigenvalue weighted by Crippen LogP contribution is -2.40. The first-order valence-electron chi connectivity index (χ1n) is 9.58. The second kappa shape index (κ2) is 7.50. The van der Waals surface area contributed by atoms with Crippen molar-refractivity contribution < 1.29 is 14.7 Å². The molecule has 29 heavy (non-hydrogen) atoms. The number of hydrogen-bond acceptors (Lipinski definition) is 5. The van der Waals surface area contributed by atoms with E-state index in [2.05, 4.69) is 16.5 Å². The summed E-state index contributed by atoms with van der Waals surface area (Å²) < 4.78 is 0.928. The predicted molar refractivity (Wildman–Crippen MR) is 105 cm³/mol. The first kappa shape index (κ1) is 18.9. The number of amides is 1. The molecular weight excluding hydrogens is 370 g/mol. The van der Waals surface area contributed by atoms with Crippen LogP contribution in [0.25, 0.3) is 10.8 Å². The lowest BCUT2D eigenvalue weighted by Gasteiger charge is -2.27. The lowest BCUT2D eigenvalue weighted by molar-refractivity contribution is -0.255. The number of nitrogens with one attached hydrogen (secondary N) is 1. The highest BCUT2D eigenvalue weighted by molar-refractivity contribution is 6.00. The van der Waals surface area contributed by atoms with Crippen LogP contribution >= 0.6 is 0 Å². The van der Waals surface area contributed by atoms with Crippen molar-refractivity contribution in [3.05, 3.63) is 75.7 Å². The Kier molecular flexibility index (Phi) is 4.88. The van der Waals surface area contributed by atoms with Gasteiger partial charge in [-0.15, -0.1) is 0 Å². The van der Waals surface area contributed by atoms with Gasteiger partial charge in [0.05, 0.1) is 17.4 Å². The van der Waals surface area contributed by atoms with Gasteiger partial charge in [-0.25, -0.2) is 4.68 Å². The number of aromatic nitrogens is 2. The standard InChI is InChI=1S/C22H21N3O4/c1-13(20(26)23-18-12-6-8-14-7-2-3-9-15(14)18)25-21(27)17-11-5-4-10-16(17)19(24-25)22(28)29/h2-5,7,9-11,13,18H,6,8,12H2,1H3,(H,23,26)(H,28,29)/p-1/t13-,18-/m1/s1. The summed E-state index contributed by atoms with van der Waals surface area (Å²) in [5.41, 5.74) is 1.41. The van der Waals surface area contributed by atoms with Gasteiger partial charge in [0.15, 0.2) is 0 Å². The molecule has 1 amide bonds. The minimum atomic E-state index is -1.50. The average Bonchev–Trinajstić information content (AvgIpc) is 2.73. The van der Waals surface area contributed by atoms with E-state index in [1.807, 2.05) is 18.2 Å².